The van der Waals surface area contributed by atoms with Crippen molar-refractivity contribution in [2.45, 2.75) is 37.4 Å². The molecule has 0 radical (unpaired) electrons. The summed E-state index contributed by atoms with van der Waals surface area (Å²) in [6, 6.07) is 15.2. The van der Waals surface area contributed by atoms with E-state index in [1.54, 1.807) is 56.3 Å². The van der Waals surface area contributed by atoms with Crippen LogP contribution in [-0.4, -0.2) is 35.7 Å². The lowest BCUT2D eigenvalue weighted by Gasteiger charge is -2.16. The van der Waals surface area contributed by atoms with Crippen LogP contribution in [0, 0.1) is 0 Å². The molecule has 3 aromatic rings. The number of carboxylic acid groups (broad SMARTS) is 1. The molecule has 0 amide bonds. The Balaban J connectivity index is 2.11. The summed E-state index contributed by atoms with van der Waals surface area (Å²) in [5.41, 5.74) is 1.11. The molecular formula is C20H21NO5S. The molecule has 7 heteroatoms. The Bertz CT molecular complexity index is 1050. The zero-order valence-electron chi connectivity index (χ0n) is 15.1. The molecule has 1 atom stereocenters. The van der Waals surface area contributed by atoms with Crippen molar-refractivity contribution >= 4 is 26.9 Å². The van der Waals surface area contributed by atoms with Crippen LogP contribution in [0.15, 0.2) is 65.7 Å². The Morgan fingerprint density at radius 2 is 1.70 bits per heavy atom. The van der Waals surface area contributed by atoms with E-state index in [-0.39, 0.29) is 17.4 Å². The summed E-state index contributed by atoms with van der Waals surface area (Å²) >= 11 is 0. The number of fused-ring (bicyclic) bond motifs is 1. The van der Waals surface area contributed by atoms with Crippen molar-refractivity contribution in [2.24, 2.45) is 0 Å². The van der Waals surface area contributed by atoms with Gasteiger partial charge in [-0.05, 0) is 37.6 Å². The van der Waals surface area contributed by atoms with Crippen molar-refractivity contribution < 1.29 is 23.1 Å². The maximum Gasteiger partial charge on any atom is 0.333 e. The maximum absolute atomic E-state index is 13.1. The molecule has 0 aliphatic heterocycles. The second kappa shape index (κ2) is 7.54. The quantitative estimate of drug-likeness (QED) is 0.672. The summed E-state index contributed by atoms with van der Waals surface area (Å²) in [6.07, 6.45) is 0.258. The van der Waals surface area contributed by atoms with Crippen molar-refractivity contribution in [1.29, 1.82) is 0 Å². The molecule has 1 unspecified atom stereocenters. The number of ether oxygens (including phenoxy) is 1. The molecule has 1 N–H and O–H groups in total. The molecule has 0 fully saturated rings. The number of nitrogens with zero attached hydrogens (tertiary/aromatic N) is 1. The molecule has 1 aromatic heterocycles. The predicted octanol–water partition coefficient (Wildman–Crippen LogP) is 3.30. The minimum absolute atomic E-state index is 0.0747. The van der Waals surface area contributed by atoms with Crippen molar-refractivity contribution in [3.63, 3.8) is 0 Å². The molecule has 27 heavy (non-hydrogen) atoms. The third-order valence-electron chi connectivity index (χ3n) is 4.18. The maximum atomic E-state index is 13.1. The van der Waals surface area contributed by atoms with Gasteiger partial charge in [0.2, 0.25) is 0 Å². The summed E-state index contributed by atoms with van der Waals surface area (Å²) in [6.45, 7) is 3.53. The van der Waals surface area contributed by atoms with Gasteiger partial charge in [0.25, 0.3) is 10.0 Å². The van der Waals surface area contributed by atoms with Crippen LogP contribution in [-0.2, 0) is 26.0 Å². The van der Waals surface area contributed by atoms with Gasteiger partial charge in [0.15, 0.2) is 6.10 Å². The number of aromatic nitrogens is 1. The lowest BCUT2D eigenvalue weighted by molar-refractivity contribution is -0.153. The van der Waals surface area contributed by atoms with Gasteiger partial charge < -0.3 is 9.84 Å². The third-order valence-corrected chi connectivity index (χ3v) is 5.87. The first-order valence-electron chi connectivity index (χ1n) is 8.58. The van der Waals surface area contributed by atoms with Crippen LogP contribution in [0.4, 0.5) is 0 Å². The van der Waals surface area contributed by atoms with Gasteiger partial charge in [-0.25, -0.2) is 17.2 Å². The van der Waals surface area contributed by atoms with Crippen LogP contribution in [0.25, 0.3) is 10.9 Å². The largest absolute Gasteiger partial charge is 0.479 e. The number of para-hydroxylation sites is 1. The highest BCUT2D eigenvalue weighted by molar-refractivity contribution is 7.90. The van der Waals surface area contributed by atoms with Crippen LogP contribution in [0.3, 0.4) is 0 Å². The van der Waals surface area contributed by atoms with E-state index in [1.165, 1.54) is 22.3 Å². The smallest absolute Gasteiger partial charge is 0.333 e. The predicted molar refractivity (Wildman–Crippen MR) is 102 cm³/mol. The first-order valence-corrected chi connectivity index (χ1v) is 10.0. The molecule has 0 aliphatic rings. The summed E-state index contributed by atoms with van der Waals surface area (Å²) in [7, 11) is -3.80. The van der Waals surface area contributed by atoms with E-state index in [0.717, 1.165) is 0 Å². The molecule has 1 heterocycles. The van der Waals surface area contributed by atoms with Crippen molar-refractivity contribution in [3.8, 4) is 0 Å². The van der Waals surface area contributed by atoms with Gasteiger partial charge in [-0.3, -0.25) is 0 Å². The zero-order chi connectivity index (χ0) is 19.6. The highest BCUT2D eigenvalue weighted by Crippen LogP contribution is 2.27. The van der Waals surface area contributed by atoms with Gasteiger partial charge in [0.1, 0.15) is 0 Å². The second-order valence-corrected chi connectivity index (χ2v) is 8.32. The normalized spacial score (nSPS) is 13.1. The van der Waals surface area contributed by atoms with E-state index in [4.69, 9.17) is 4.74 Å². The average molecular weight is 387 g/mol. The molecular weight excluding hydrogens is 366 g/mol. The van der Waals surface area contributed by atoms with Gasteiger partial charge >= 0.3 is 5.97 Å². The van der Waals surface area contributed by atoms with Gasteiger partial charge in [-0.15, -0.1) is 0 Å². The summed E-state index contributed by atoms with van der Waals surface area (Å²) in [5, 5.41) is 10.1. The van der Waals surface area contributed by atoms with Gasteiger partial charge in [-0.2, -0.15) is 0 Å². The van der Waals surface area contributed by atoms with E-state index < -0.39 is 22.1 Å². The number of rotatable bonds is 7. The zero-order valence-corrected chi connectivity index (χ0v) is 15.9. The Morgan fingerprint density at radius 3 is 2.33 bits per heavy atom. The standard InChI is InChI=1S/C20H21NO5S/c1-14(2)26-19(20(22)23)12-15-13-21(18-11-7-6-10-17(15)18)27(24,25)16-8-4-3-5-9-16/h3-11,13-14,19H,12H2,1-2H3,(H,22,23). The van der Waals surface area contributed by atoms with Gasteiger partial charge in [0, 0.05) is 18.0 Å². The van der Waals surface area contributed by atoms with Crippen LogP contribution < -0.4 is 0 Å². The summed E-state index contributed by atoms with van der Waals surface area (Å²) in [4.78, 5) is 11.7. The van der Waals surface area contributed by atoms with E-state index >= 15 is 0 Å². The highest BCUT2D eigenvalue weighted by Gasteiger charge is 2.25. The van der Waals surface area contributed by atoms with E-state index in [1.807, 2.05) is 0 Å². The molecule has 0 bridgehead atoms. The van der Waals surface area contributed by atoms with Crippen LogP contribution in [0.2, 0.25) is 0 Å². The Hall–Kier alpha value is -2.64. The number of benzene rings is 2. The monoisotopic (exact) mass is 387 g/mol. The van der Waals surface area contributed by atoms with Crippen molar-refractivity contribution in [2.75, 3.05) is 0 Å². The molecule has 142 valence electrons. The number of carbonyl (C=O) groups is 1. The van der Waals surface area contributed by atoms with E-state index in [9.17, 15) is 18.3 Å². The fourth-order valence-corrected chi connectivity index (χ4v) is 4.42. The molecule has 0 saturated heterocycles. The number of carboxylic acids is 1. The first-order chi connectivity index (χ1) is 12.8. The first kappa shape index (κ1) is 19.1. The minimum atomic E-state index is -3.80. The van der Waals surface area contributed by atoms with Crippen LogP contribution in [0.5, 0.6) is 0 Å². The van der Waals surface area contributed by atoms with Crippen LogP contribution in [0.1, 0.15) is 19.4 Å². The molecule has 6 nitrogen and oxygen atoms in total. The topological polar surface area (TPSA) is 85.6 Å². The lowest BCUT2D eigenvalue weighted by Crippen LogP contribution is -2.29. The highest BCUT2D eigenvalue weighted by atomic mass is 32.2. The second-order valence-electron chi connectivity index (χ2n) is 6.50. The minimum Gasteiger partial charge on any atom is -0.479 e. The van der Waals surface area contributed by atoms with Crippen molar-refractivity contribution in [1.82, 2.24) is 3.97 Å². The molecule has 2 aromatic carbocycles. The average Bonchev–Trinajstić information content (AvgIpc) is 3.01. The third kappa shape index (κ3) is 3.89. The number of aliphatic carboxylic acids is 1. The van der Waals surface area contributed by atoms with Crippen LogP contribution >= 0.6 is 0 Å². The Kier molecular flexibility index (Phi) is 5.34. The van der Waals surface area contributed by atoms with E-state index in [2.05, 4.69) is 0 Å². The van der Waals surface area contributed by atoms with Gasteiger partial charge in [-0.1, -0.05) is 36.4 Å². The molecule has 3 rings (SSSR count). The van der Waals surface area contributed by atoms with Crippen molar-refractivity contribution in [3.05, 3.63) is 66.4 Å². The molecule has 0 spiro atoms. The fraction of sp³-hybridized carbons (Fsp3) is 0.250. The SMILES string of the molecule is CC(C)OC(Cc1cn(S(=O)(=O)c2ccccc2)c2ccccc12)C(=O)O. The Labute approximate surface area is 158 Å². The number of hydrogen-bond donors (Lipinski definition) is 1. The Morgan fingerprint density at radius 1 is 1.07 bits per heavy atom. The fourth-order valence-electron chi connectivity index (χ4n) is 3.01. The lowest BCUT2D eigenvalue weighted by atomic mass is 10.1. The number of hydrogen-bond acceptors (Lipinski definition) is 4. The van der Waals surface area contributed by atoms with E-state index in [0.29, 0.717) is 16.5 Å². The molecule has 0 saturated carbocycles. The van der Waals surface area contributed by atoms with Gasteiger partial charge in [0.05, 0.1) is 16.5 Å². The molecule has 0 aliphatic carbocycles. The summed E-state index contributed by atoms with van der Waals surface area (Å²) < 4.78 is 32.8. The summed E-state index contributed by atoms with van der Waals surface area (Å²) in [5.74, 6) is -1.08.